The van der Waals surface area contributed by atoms with Gasteiger partial charge in [-0.1, -0.05) is 12.1 Å². The van der Waals surface area contributed by atoms with E-state index in [1.165, 1.54) is 19.1 Å². The van der Waals surface area contributed by atoms with Crippen LogP contribution in [-0.4, -0.2) is 50.6 Å². The van der Waals surface area contributed by atoms with Crippen molar-refractivity contribution in [3.8, 4) is 0 Å². The van der Waals surface area contributed by atoms with Crippen LogP contribution in [0.5, 0.6) is 0 Å². The molecule has 2 aliphatic heterocycles. The number of amides is 1. The standard InChI is InChI=1S/C21H24F4N4O2/c1-12(30)29-10-7-15-17(11-29)26-27-19(15)20(31)28-8-5-13(6-9-28)14-3-2-4-16(22)18(14)21(23,24)25/h2-4,13,20,31H,5-11H2,1H3,(H,26,27). The van der Waals surface area contributed by atoms with E-state index in [9.17, 15) is 27.5 Å². The van der Waals surface area contributed by atoms with Gasteiger partial charge in [0.05, 0.1) is 17.8 Å². The molecule has 1 aromatic carbocycles. The van der Waals surface area contributed by atoms with Crippen LogP contribution in [0.4, 0.5) is 17.6 Å². The van der Waals surface area contributed by atoms with Gasteiger partial charge in [-0.25, -0.2) is 4.39 Å². The Labute approximate surface area is 176 Å². The Balaban J connectivity index is 1.46. The summed E-state index contributed by atoms with van der Waals surface area (Å²) in [5, 5.41) is 18.0. The summed E-state index contributed by atoms with van der Waals surface area (Å²) in [7, 11) is 0. The van der Waals surface area contributed by atoms with Gasteiger partial charge < -0.3 is 10.0 Å². The van der Waals surface area contributed by atoms with Crippen molar-refractivity contribution in [1.82, 2.24) is 20.0 Å². The second-order valence-corrected chi connectivity index (χ2v) is 8.14. The van der Waals surface area contributed by atoms with Crippen molar-refractivity contribution in [3.05, 3.63) is 52.1 Å². The fourth-order valence-electron chi connectivity index (χ4n) is 4.63. The fraction of sp³-hybridized carbons (Fsp3) is 0.524. The first-order valence-electron chi connectivity index (χ1n) is 10.3. The average molecular weight is 440 g/mol. The number of fused-ring (bicyclic) bond motifs is 1. The van der Waals surface area contributed by atoms with Crippen molar-refractivity contribution in [2.45, 2.75) is 51.1 Å². The predicted octanol–water partition coefficient (Wildman–Crippen LogP) is 3.34. The predicted molar refractivity (Wildman–Crippen MR) is 103 cm³/mol. The number of halogens is 4. The number of carbonyl (C=O) groups is 1. The molecule has 1 aromatic heterocycles. The first-order chi connectivity index (χ1) is 14.7. The van der Waals surface area contributed by atoms with Crippen LogP contribution < -0.4 is 0 Å². The lowest BCUT2D eigenvalue weighted by atomic mass is 9.86. The first kappa shape index (κ1) is 21.8. The number of likely N-dealkylation sites (tertiary alicyclic amines) is 1. The van der Waals surface area contributed by atoms with Crippen LogP contribution in [0.2, 0.25) is 0 Å². The normalized spacial score (nSPS) is 19.4. The third kappa shape index (κ3) is 4.18. The lowest BCUT2D eigenvalue weighted by Gasteiger charge is -2.36. The lowest BCUT2D eigenvalue weighted by Crippen LogP contribution is -2.38. The molecule has 10 heteroatoms. The molecule has 2 aliphatic rings. The van der Waals surface area contributed by atoms with E-state index in [-0.39, 0.29) is 11.5 Å². The quantitative estimate of drug-likeness (QED) is 0.719. The summed E-state index contributed by atoms with van der Waals surface area (Å²) < 4.78 is 54.0. The fourth-order valence-corrected chi connectivity index (χ4v) is 4.63. The van der Waals surface area contributed by atoms with Gasteiger partial charge in [-0.3, -0.25) is 14.8 Å². The number of nitrogens with zero attached hydrogens (tertiary/aromatic N) is 3. The van der Waals surface area contributed by atoms with Gasteiger partial charge in [0.25, 0.3) is 0 Å². The molecule has 0 radical (unpaired) electrons. The number of aliphatic hydroxyl groups excluding tert-OH is 1. The molecular weight excluding hydrogens is 416 g/mol. The third-order valence-corrected chi connectivity index (χ3v) is 6.30. The number of benzene rings is 1. The Kier molecular flexibility index (Phi) is 5.78. The van der Waals surface area contributed by atoms with Crippen LogP contribution in [0.15, 0.2) is 18.2 Å². The van der Waals surface area contributed by atoms with E-state index in [0.29, 0.717) is 51.1 Å². The van der Waals surface area contributed by atoms with Crippen molar-refractivity contribution < 1.29 is 27.5 Å². The van der Waals surface area contributed by atoms with Crippen LogP contribution in [0.1, 0.15) is 60.0 Å². The molecule has 0 spiro atoms. The topological polar surface area (TPSA) is 72.5 Å². The summed E-state index contributed by atoms with van der Waals surface area (Å²) in [6, 6.07) is 3.48. The number of hydrogen-bond acceptors (Lipinski definition) is 4. The van der Waals surface area contributed by atoms with Gasteiger partial charge >= 0.3 is 6.18 Å². The summed E-state index contributed by atoms with van der Waals surface area (Å²) in [5.41, 5.74) is 0.962. The van der Waals surface area contributed by atoms with E-state index in [4.69, 9.17) is 0 Å². The molecule has 1 atom stereocenters. The molecule has 2 N–H and O–H groups in total. The molecule has 31 heavy (non-hydrogen) atoms. The Hall–Kier alpha value is -2.46. The summed E-state index contributed by atoms with van der Waals surface area (Å²) in [5.74, 6) is -1.72. The smallest absolute Gasteiger partial charge is 0.372 e. The van der Waals surface area contributed by atoms with Gasteiger partial charge in [0.1, 0.15) is 11.5 Å². The number of rotatable bonds is 3. The Morgan fingerprint density at radius 2 is 1.97 bits per heavy atom. The van der Waals surface area contributed by atoms with Gasteiger partial charge in [0.2, 0.25) is 5.91 Å². The van der Waals surface area contributed by atoms with Crippen molar-refractivity contribution in [2.75, 3.05) is 19.6 Å². The number of piperidine rings is 1. The van der Waals surface area contributed by atoms with E-state index in [1.807, 2.05) is 0 Å². The molecule has 3 heterocycles. The zero-order chi connectivity index (χ0) is 22.3. The minimum absolute atomic E-state index is 0.0249. The number of nitrogens with one attached hydrogen (secondary N) is 1. The zero-order valence-electron chi connectivity index (χ0n) is 17.0. The summed E-state index contributed by atoms with van der Waals surface area (Å²) in [4.78, 5) is 15.1. The maximum atomic E-state index is 13.9. The largest absolute Gasteiger partial charge is 0.419 e. The number of aromatic nitrogens is 2. The highest BCUT2D eigenvalue weighted by atomic mass is 19.4. The molecule has 4 rings (SSSR count). The van der Waals surface area contributed by atoms with E-state index in [2.05, 4.69) is 10.2 Å². The molecule has 1 saturated heterocycles. The highest BCUT2D eigenvalue weighted by molar-refractivity contribution is 5.73. The second-order valence-electron chi connectivity index (χ2n) is 8.14. The van der Waals surface area contributed by atoms with Crippen molar-refractivity contribution in [1.29, 1.82) is 0 Å². The number of alkyl halides is 3. The Morgan fingerprint density at radius 1 is 1.26 bits per heavy atom. The van der Waals surface area contributed by atoms with E-state index < -0.39 is 29.7 Å². The molecular formula is C21H24F4N4O2. The van der Waals surface area contributed by atoms with Crippen LogP contribution in [0.25, 0.3) is 0 Å². The highest BCUT2D eigenvalue weighted by Gasteiger charge is 2.39. The van der Waals surface area contributed by atoms with Crippen LogP contribution >= 0.6 is 0 Å². The summed E-state index contributed by atoms with van der Waals surface area (Å²) in [6.07, 6.45) is -4.42. The van der Waals surface area contributed by atoms with Crippen LogP contribution in [0, 0.1) is 5.82 Å². The Bertz CT molecular complexity index is 967. The number of aromatic amines is 1. The number of aliphatic hydroxyl groups is 1. The maximum absolute atomic E-state index is 13.9. The van der Waals surface area contributed by atoms with Crippen molar-refractivity contribution >= 4 is 5.91 Å². The van der Waals surface area contributed by atoms with Gasteiger partial charge in [-0.15, -0.1) is 0 Å². The summed E-state index contributed by atoms with van der Waals surface area (Å²) in [6.45, 7) is 3.18. The van der Waals surface area contributed by atoms with Crippen molar-refractivity contribution in [3.63, 3.8) is 0 Å². The molecule has 1 fully saturated rings. The number of carbonyl (C=O) groups excluding carboxylic acids is 1. The third-order valence-electron chi connectivity index (χ3n) is 6.30. The Morgan fingerprint density at radius 3 is 2.61 bits per heavy atom. The molecule has 1 unspecified atom stereocenters. The summed E-state index contributed by atoms with van der Waals surface area (Å²) >= 11 is 0. The SMILES string of the molecule is CC(=O)N1CCc2c(C(O)N3CCC(c4cccc(F)c4C(F)(F)F)CC3)n[nH]c2C1. The van der Waals surface area contributed by atoms with E-state index in [0.717, 1.165) is 17.3 Å². The van der Waals surface area contributed by atoms with Gasteiger partial charge in [0, 0.05) is 32.1 Å². The number of hydrogen-bond donors (Lipinski definition) is 2. The van der Waals surface area contributed by atoms with Gasteiger partial charge in [0.15, 0.2) is 6.23 Å². The molecule has 6 nitrogen and oxygen atoms in total. The highest BCUT2D eigenvalue weighted by Crippen LogP contribution is 2.41. The molecule has 168 valence electrons. The zero-order valence-corrected chi connectivity index (χ0v) is 17.0. The van der Waals surface area contributed by atoms with Gasteiger partial charge in [-0.2, -0.15) is 18.3 Å². The molecule has 1 amide bonds. The molecule has 0 bridgehead atoms. The second kappa shape index (κ2) is 8.23. The minimum atomic E-state index is -4.75. The average Bonchev–Trinajstić information content (AvgIpc) is 3.15. The number of H-pyrrole nitrogens is 1. The van der Waals surface area contributed by atoms with Gasteiger partial charge in [-0.05, 0) is 36.8 Å². The van der Waals surface area contributed by atoms with Crippen molar-refractivity contribution in [2.24, 2.45) is 0 Å². The van der Waals surface area contributed by atoms with E-state index >= 15 is 0 Å². The molecule has 0 aliphatic carbocycles. The van der Waals surface area contributed by atoms with Crippen LogP contribution in [-0.2, 0) is 23.9 Å². The molecule has 0 saturated carbocycles. The maximum Gasteiger partial charge on any atom is 0.419 e. The molecule has 2 aromatic rings. The monoisotopic (exact) mass is 440 g/mol. The minimum Gasteiger partial charge on any atom is -0.372 e. The van der Waals surface area contributed by atoms with Crippen LogP contribution in [0.3, 0.4) is 0 Å². The first-order valence-corrected chi connectivity index (χ1v) is 10.3. The van der Waals surface area contributed by atoms with E-state index in [1.54, 1.807) is 9.80 Å². The lowest BCUT2D eigenvalue weighted by molar-refractivity contribution is -0.141.